The van der Waals surface area contributed by atoms with E-state index in [4.69, 9.17) is 0 Å². The molecule has 0 bridgehead atoms. The van der Waals surface area contributed by atoms with Crippen molar-refractivity contribution in [3.8, 4) is 0 Å². The van der Waals surface area contributed by atoms with Crippen molar-refractivity contribution < 1.29 is 14.7 Å². The van der Waals surface area contributed by atoms with Gasteiger partial charge in [-0.15, -0.1) is 0 Å². The molecule has 0 radical (unpaired) electrons. The second-order valence-corrected chi connectivity index (χ2v) is 4.27. The van der Waals surface area contributed by atoms with Crippen LogP contribution in [-0.2, 0) is 9.59 Å². The number of allylic oxidation sites excluding steroid dienone is 7. The van der Waals surface area contributed by atoms with Crippen molar-refractivity contribution in [1.82, 2.24) is 0 Å². The largest absolute Gasteiger partial charge is 0.507 e. The highest BCUT2D eigenvalue weighted by molar-refractivity contribution is 6.25. The Morgan fingerprint density at radius 2 is 1.89 bits per heavy atom. The van der Waals surface area contributed by atoms with E-state index in [2.05, 4.69) is 13.2 Å². The van der Waals surface area contributed by atoms with Crippen molar-refractivity contribution in [2.45, 2.75) is 20.8 Å². The first-order valence-corrected chi connectivity index (χ1v) is 5.51. The molecular formula is C15H16O3. The first-order chi connectivity index (χ1) is 8.31. The normalized spacial score (nSPS) is 17.4. The lowest BCUT2D eigenvalue weighted by Crippen LogP contribution is -2.19. The van der Waals surface area contributed by atoms with E-state index in [9.17, 15) is 14.7 Å². The number of ketones is 2. The predicted molar refractivity (Wildman–Crippen MR) is 71.1 cm³/mol. The van der Waals surface area contributed by atoms with Crippen LogP contribution < -0.4 is 0 Å². The third-order valence-corrected chi connectivity index (χ3v) is 2.90. The van der Waals surface area contributed by atoms with E-state index in [1.54, 1.807) is 20.8 Å². The van der Waals surface area contributed by atoms with E-state index < -0.39 is 0 Å². The van der Waals surface area contributed by atoms with Crippen molar-refractivity contribution in [3.63, 3.8) is 0 Å². The van der Waals surface area contributed by atoms with Gasteiger partial charge < -0.3 is 5.11 Å². The lowest BCUT2D eigenvalue weighted by molar-refractivity contribution is -0.115. The Balaban J connectivity index is 3.55. The summed E-state index contributed by atoms with van der Waals surface area (Å²) in [5.41, 5.74) is 1.60. The number of hydrogen-bond donors (Lipinski definition) is 1. The molecule has 0 unspecified atom stereocenters. The van der Waals surface area contributed by atoms with Crippen LogP contribution in [0.3, 0.4) is 0 Å². The number of Topliss-reactive ketones (excluding diaryl/α,β-unsaturated/α-hetero) is 1. The van der Waals surface area contributed by atoms with Gasteiger partial charge >= 0.3 is 0 Å². The molecule has 0 spiro atoms. The molecule has 1 N–H and O–H groups in total. The predicted octanol–water partition coefficient (Wildman–Crippen LogP) is 2.98. The molecule has 0 atom stereocenters. The van der Waals surface area contributed by atoms with Gasteiger partial charge in [-0.05, 0) is 32.4 Å². The van der Waals surface area contributed by atoms with Crippen LogP contribution in [0.1, 0.15) is 20.8 Å². The minimum absolute atomic E-state index is 0.00102. The summed E-state index contributed by atoms with van der Waals surface area (Å²) in [5, 5.41) is 10.1. The maximum Gasteiger partial charge on any atom is 0.190 e. The van der Waals surface area contributed by atoms with Crippen LogP contribution in [0, 0.1) is 0 Å². The summed E-state index contributed by atoms with van der Waals surface area (Å²) in [6, 6.07) is 0. The number of rotatable bonds is 3. The zero-order chi connectivity index (χ0) is 14.0. The molecule has 0 amide bonds. The lowest BCUT2D eigenvalue weighted by atomic mass is 9.87. The van der Waals surface area contributed by atoms with Crippen LogP contribution in [0.4, 0.5) is 0 Å². The fourth-order valence-electron chi connectivity index (χ4n) is 1.62. The van der Waals surface area contributed by atoms with Crippen molar-refractivity contribution in [2.24, 2.45) is 0 Å². The molecule has 0 saturated carbocycles. The summed E-state index contributed by atoms with van der Waals surface area (Å²) in [5.74, 6) is -0.889. The minimum Gasteiger partial charge on any atom is -0.507 e. The van der Waals surface area contributed by atoms with Gasteiger partial charge in [-0.2, -0.15) is 0 Å². The van der Waals surface area contributed by atoms with Crippen molar-refractivity contribution in [1.29, 1.82) is 0 Å². The van der Waals surface area contributed by atoms with Crippen LogP contribution in [0.2, 0.25) is 0 Å². The van der Waals surface area contributed by atoms with Crippen LogP contribution >= 0.6 is 0 Å². The van der Waals surface area contributed by atoms with E-state index >= 15 is 0 Å². The number of carbonyl (C=O) groups excluding carboxylic acids is 2. The molecule has 0 saturated heterocycles. The molecule has 0 fully saturated rings. The first-order valence-electron chi connectivity index (χ1n) is 5.51. The summed E-state index contributed by atoms with van der Waals surface area (Å²) >= 11 is 0. The Labute approximate surface area is 107 Å². The number of aliphatic hydroxyl groups excluding tert-OH is 1. The number of aliphatic hydroxyl groups is 1. The van der Waals surface area contributed by atoms with Crippen LogP contribution in [0.15, 0.2) is 58.9 Å². The standard InChI is InChI=1S/C15H16O3/c1-6-11-13(15(18)10(5)8(2)3)12(16)7-9(4)14(11)17/h6-7,18H,1-2H2,3-5H3/b15-10-. The van der Waals surface area contributed by atoms with E-state index in [1.165, 1.54) is 12.2 Å². The highest BCUT2D eigenvalue weighted by Crippen LogP contribution is 2.27. The van der Waals surface area contributed by atoms with Crippen molar-refractivity contribution >= 4 is 11.6 Å². The quantitative estimate of drug-likeness (QED) is 0.471. The molecule has 0 aliphatic heterocycles. The van der Waals surface area contributed by atoms with Gasteiger partial charge in [-0.1, -0.05) is 24.8 Å². The van der Waals surface area contributed by atoms with Crippen LogP contribution in [-0.4, -0.2) is 16.7 Å². The molecule has 94 valence electrons. The van der Waals surface area contributed by atoms with E-state index in [0.29, 0.717) is 16.7 Å². The van der Waals surface area contributed by atoms with Gasteiger partial charge in [0.1, 0.15) is 5.76 Å². The first kappa shape index (κ1) is 13.9. The molecule has 1 rings (SSSR count). The van der Waals surface area contributed by atoms with Crippen molar-refractivity contribution in [3.05, 3.63) is 58.9 Å². The molecule has 0 aromatic rings. The minimum atomic E-state index is -0.389. The smallest absolute Gasteiger partial charge is 0.190 e. The molecule has 1 aliphatic carbocycles. The molecule has 18 heavy (non-hydrogen) atoms. The highest BCUT2D eigenvalue weighted by atomic mass is 16.3. The number of hydrogen-bond acceptors (Lipinski definition) is 3. The average Bonchev–Trinajstić information content (AvgIpc) is 2.31. The fourth-order valence-corrected chi connectivity index (χ4v) is 1.62. The Morgan fingerprint density at radius 3 is 2.33 bits per heavy atom. The SMILES string of the molecule is C=CC1=C(/C(O)=C(\C)C(=C)C)C(=O)C=C(C)C1=O. The molecule has 0 aromatic heterocycles. The van der Waals surface area contributed by atoms with Gasteiger partial charge in [-0.3, -0.25) is 9.59 Å². The molecule has 0 heterocycles. The summed E-state index contributed by atoms with van der Waals surface area (Å²) < 4.78 is 0. The van der Waals surface area contributed by atoms with Crippen LogP contribution in [0.25, 0.3) is 0 Å². The van der Waals surface area contributed by atoms with E-state index in [1.807, 2.05) is 0 Å². The molecular weight excluding hydrogens is 228 g/mol. The molecule has 3 nitrogen and oxygen atoms in total. The van der Waals surface area contributed by atoms with E-state index in [-0.39, 0.29) is 28.5 Å². The Bertz CT molecular complexity index is 554. The Hall–Kier alpha value is -2.16. The summed E-state index contributed by atoms with van der Waals surface area (Å²) in [4.78, 5) is 23.8. The molecule has 0 aromatic carbocycles. The van der Waals surface area contributed by atoms with Gasteiger partial charge in [0.25, 0.3) is 0 Å². The van der Waals surface area contributed by atoms with Gasteiger partial charge in [0.2, 0.25) is 0 Å². The maximum atomic E-state index is 11.9. The zero-order valence-electron chi connectivity index (χ0n) is 10.8. The van der Waals surface area contributed by atoms with Gasteiger partial charge in [0.15, 0.2) is 11.6 Å². The topological polar surface area (TPSA) is 54.4 Å². The van der Waals surface area contributed by atoms with Gasteiger partial charge in [0, 0.05) is 11.1 Å². The second kappa shape index (κ2) is 5.00. The third kappa shape index (κ3) is 2.25. The Kier molecular flexibility index (Phi) is 3.86. The second-order valence-electron chi connectivity index (χ2n) is 4.27. The zero-order valence-corrected chi connectivity index (χ0v) is 10.8. The maximum absolute atomic E-state index is 11.9. The van der Waals surface area contributed by atoms with Gasteiger partial charge in [0.05, 0.1) is 5.57 Å². The van der Waals surface area contributed by atoms with Crippen LogP contribution in [0.5, 0.6) is 0 Å². The summed E-state index contributed by atoms with van der Waals surface area (Å²) in [6.45, 7) is 12.2. The van der Waals surface area contributed by atoms with E-state index in [0.717, 1.165) is 0 Å². The average molecular weight is 244 g/mol. The third-order valence-electron chi connectivity index (χ3n) is 2.90. The van der Waals surface area contributed by atoms with Gasteiger partial charge in [-0.25, -0.2) is 0 Å². The summed E-state index contributed by atoms with van der Waals surface area (Å²) in [7, 11) is 0. The monoisotopic (exact) mass is 244 g/mol. The lowest BCUT2D eigenvalue weighted by Gasteiger charge is -2.16. The highest BCUT2D eigenvalue weighted by Gasteiger charge is 2.27. The molecule has 1 aliphatic rings. The Morgan fingerprint density at radius 1 is 1.33 bits per heavy atom. The molecule has 3 heteroatoms. The summed E-state index contributed by atoms with van der Waals surface area (Å²) in [6.07, 6.45) is 2.53. The number of carbonyl (C=O) groups is 2. The fraction of sp³-hybridized carbons (Fsp3) is 0.200. The van der Waals surface area contributed by atoms with Crippen molar-refractivity contribution in [2.75, 3.05) is 0 Å².